The van der Waals surface area contributed by atoms with Crippen LogP contribution < -0.4 is 11.1 Å². The third-order valence-corrected chi connectivity index (χ3v) is 4.14. The molecule has 1 aliphatic rings. The smallest absolute Gasteiger partial charge is 0.224 e. The van der Waals surface area contributed by atoms with Gasteiger partial charge in [0, 0.05) is 31.1 Å². The summed E-state index contributed by atoms with van der Waals surface area (Å²) in [6, 6.07) is 4.23. The second-order valence-electron chi connectivity index (χ2n) is 4.73. The third kappa shape index (κ3) is 5.10. The van der Waals surface area contributed by atoms with Crippen LogP contribution in [0.4, 0.5) is 0 Å². The molecule has 0 aromatic carbocycles. The van der Waals surface area contributed by atoms with Crippen LogP contribution in [0.1, 0.15) is 17.7 Å². The van der Waals surface area contributed by atoms with Gasteiger partial charge in [-0.15, -0.1) is 23.7 Å². The van der Waals surface area contributed by atoms with Gasteiger partial charge >= 0.3 is 0 Å². The number of carbonyl (C=O) groups is 1. The highest BCUT2D eigenvalue weighted by atomic mass is 35.5. The van der Waals surface area contributed by atoms with Crippen molar-refractivity contribution in [3.05, 3.63) is 22.4 Å². The maximum Gasteiger partial charge on any atom is 0.224 e. The van der Waals surface area contributed by atoms with Gasteiger partial charge in [0.25, 0.3) is 0 Å². The second-order valence-corrected chi connectivity index (χ2v) is 5.77. The summed E-state index contributed by atoms with van der Waals surface area (Å²) in [6.07, 6.45) is 2.10. The molecule has 1 saturated heterocycles. The molecule has 1 unspecified atom stereocenters. The van der Waals surface area contributed by atoms with Crippen molar-refractivity contribution < 1.29 is 4.79 Å². The molecule has 1 fully saturated rings. The summed E-state index contributed by atoms with van der Waals surface area (Å²) in [5.41, 5.74) is 5.40. The first-order valence-corrected chi connectivity index (χ1v) is 7.40. The molecule has 1 aromatic rings. The van der Waals surface area contributed by atoms with E-state index in [0.29, 0.717) is 13.1 Å². The molecule has 6 heteroatoms. The average molecular weight is 304 g/mol. The summed E-state index contributed by atoms with van der Waals surface area (Å²) < 4.78 is 0. The van der Waals surface area contributed by atoms with Gasteiger partial charge in [-0.1, -0.05) is 6.07 Å². The lowest BCUT2D eigenvalue weighted by atomic mass is 9.97. The molecular weight excluding hydrogens is 282 g/mol. The summed E-state index contributed by atoms with van der Waals surface area (Å²) >= 11 is 1.78. The molecule has 1 amide bonds. The van der Waals surface area contributed by atoms with Crippen molar-refractivity contribution in [2.24, 2.45) is 11.7 Å². The molecule has 0 bridgehead atoms. The van der Waals surface area contributed by atoms with Crippen LogP contribution in [0.5, 0.6) is 0 Å². The summed E-state index contributed by atoms with van der Waals surface area (Å²) in [6.45, 7) is 4.03. The number of halogens is 1. The Labute approximate surface area is 124 Å². The Morgan fingerprint density at radius 1 is 1.58 bits per heavy atom. The van der Waals surface area contributed by atoms with E-state index in [1.54, 1.807) is 11.3 Å². The maximum absolute atomic E-state index is 11.9. The number of rotatable bonds is 5. The van der Waals surface area contributed by atoms with Crippen molar-refractivity contribution in [3.63, 3.8) is 0 Å². The van der Waals surface area contributed by atoms with Gasteiger partial charge in [0.2, 0.25) is 5.91 Å². The number of likely N-dealkylation sites (tertiary alicyclic amines) is 1. The number of carbonyl (C=O) groups excluding carboxylic acids is 1. The lowest BCUT2D eigenvalue weighted by Crippen LogP contribution is -2.43. The predicted octanol–water partition coefficient (Wildman–Crippen LogP) is 1.46. The first-order valence-electron chi connectivity index (χ1n) is 6.52. The number of piperidine rings is 1. The SMILES string of the molecule is Cl.NCCNC(=O)C1CCCN(Cc2cccs2)C1. The Morgan fingerprint density at radius 3 is 3.11 bits per heavy atom. The molecule has 0 spiro atoms. The van der Waals surface area contributed by atoms with Crippen molar-refractivity contribution in [1.82, 2.24) is 10.2 Å². The van der Waals surface area contributed by atoms with Gasteiger partial charge in [0.1, 0.15) is 0 Å². The molecule has 2 rings (SSSR count). The average Bonchev–Trinajstić information content (AvgIpc) is 2.89. The van der Waals surface area contributed by atoms with Crippen LogP contribution in [-0.4, -0.2) is 37.0 Å². The van der Waals surface area contributed by atoms with Gasteiger partial charge in [0.05, 0.1) is 5.92 Å². The molecule has 108 valence electrons. The van der Waals surface area contributed by atoms with E-state index in [4.69, 9.17) is 5.73 Å². The lowest BCUT2D eigenvalue weighted by Gasteiger charge is -2.31. The van der Waals surface area contributed by atoms with Crippen molar-refractivity contribution in [3.8, 4) is 0 Å². The van der Waals surface area contributed by atoms with Gasteiger partial charge in [-0.2, -0.15) is 0 Å². The molecule has 1 aromatic heterocycles. The number of hydrogen-bond acceptors (Lipinski definition) is 4. The minimum atomic E-state index is 0. The largest absolute Gasteiger partial charge is 0.355 e. The van der Waals surface area contributed by atoms with Crippen molar-refractivity contribution in [2.75, 3.05) is 26.2 Å². The van der Waals surface area contributed by atoms with Gasteiger partial charge in [-0.05, 0) is 30.8 Å². The second kappa shape index (κ2) is 8.53. The number of amides is 1. The van der Waals surface area contributed by atoms with Gasteiger partial charge in [-0.25, -0.2) is 0 Å². The topological polar surface area (TPSA) is 58.4 Å². The lowest BCUT2D eigenvalue weighted by molar-refractivity contribution is -0.126. The van der Waals surface area contributed by atoms with Crippen molar-refractivity contribution >= 4 is 29.7 Å². The standard InChI is InChI=1S/C13H21N3OS.ClH/c14-5-6-15-13(17)11-3-1-7-16(9-11)10-12-4-2-8-18-12;/h2,4,8,11H,1,3,5-7,9-10,14H2,(H,15,17);1H. The predicted molar refractivity (Wildman–Crippen MR) is 81.6 cm³/mol. The molecule has 2 heterocycles. The van der Waals surface area contributed by atoms with Crippen molar-refractivity contribution in [2.45, 2.75) is 19.4 Å². The minimum absolute atomic E-state index is 0. The van der Waals surface area contributed by atoms with Crippen LogP contribution >= 0.6 is 23.7 Å². The Balaban J connectivity index is 0.00000180. The molecule has 4 nitrogen and oxygen atoms in total. The normalized spacial score (nSPS) is 19.7. The van der Waals surface area contributed by atoms with E-state index in [-0.39, 0.29) is 24.2 Å². The molecule has 0 saturated carbocycles. The van der Waals surface area contributed by atoms with Crippen LogP contribution in [-0.2, 0) is 11.3 Å². The zero-order valence-electron chi connectivity index (χ0n) is 11.0. The van der Waals surface area contributed by atoms with Crippen LogP contribution in [0.25, 0.3) is 0 Å². The van der Waals surface area contributed by atoms with E-state index in [2.05, 4.69) is 27.7 Å². The van der Waals surface area contributed by atoms with E-state index in [9.17, 15) is 4.79 Å². The Morgan fingerprint density at radius 2 is 2.42 bits per heavy atom. The Kier molecular flexibility index (Phi) is 7.38. The highest BCUT2D eigenvalue weighted by Crippen LogP contribution is 2.20. The molecule has 3 N–H and O–H groups in total. The van der Waals surface area contributed by atoms with Gasteiger partial charge in [-0.3, -0.25) is 9.69 Å². The first-order chi connectivity index (χ1) is 8.79. The number of hydrogen-bond donors (Lipinski definition) is 2. The Hall–Kier alpha value is -0.620. The monoisotopic (exact) mass is 303 g/mol. The summed E-state index contributed by atoms with van der Waals surface area (Å²) in [5.74, 6) is 0.293. The highest BCUT2D eigenvalue weighted by molar-refractivity contribution is 7.09. The zero-order chi connectivity index (χ0) is 12.8. The molecule has 1 atom stereocenters. The zero-order valence-corrected chi connectivity index (χ0v) is 12.6. The quantitative estimate of drug-likeness (QED) is 0.866. The fourth-order valence-corrected chi connectivity index (χ4v) is 3.12. The fraction of sp³-hybridized carbons (Fsp3) is 0.615. The van der Waals surface area contributed by atoms with Crippen molar-refractivity contribution in [1.29, 1.82) is 0 Å². The van der Waals surface area contributed by atoms with E-state index in [0.717, 1.165) is 32.5 Å². The van der Waals surface area contributed by atoms with Crippen LogP contribution in [0, 0.1) is 5.92 Å². The van der Waals surface area contributed by atoms with Crippen LogP contribution in [0.15, 0.2) is 17.5 Å². The Bertz CT molecular complexity index is 372. The van der Waals surface area contributed by atoms with E-state index < -0.39 is 0 Å². The molecule has 0 aliphatic carbocycles. The number of nitrogens with two attached hydrogens (primary N) is 1. The minimum Gasteiger partial charge on any atom is -0.355 e. The molecule has 1 aliphatic heterocycles. The number of thiophene rings is 1. The van der Waals surface area contributed by atoms with Gasteiger partial charge < -0.3 is 11.1 Å². The van der Waals surface area contributed by atoms with Crippen LogP contribution in [0.2, 0.25) is 0 Å². The van der Waals surface area contributed by atoms with E-state index >= 15 is 0 Å². The highest BCUT2D eigenvalue weighted by Gasteiger charge is 2.25. The summed E-state index contributed by atoms with van der Waals surface area (Å²) in [4.78, 5) is 15.7. The third-order valence-electron chi connectivity index (χ3n) is 3.28. The molecule has 19 heavy (non-hydrogen) atoms. The number of nitrogens with one attached hydrogen (secondary N) is 1. The molecular formula is C13H22ClN3OS. The van der Waals surface area contributed by atoms with Gasteiger partial charge in [0.15, 0.2) is 0 Å². The first kappa shape index (κ1) is 16.4. The van der Waals surface area contributed by atoms with E-state index in [1.165, 1.54) is 4.88 Å². The molecule has 0 radical (unpaired) electrons. The number of nitrogens with zero attached hydrogens (tertiary/aromatic N) is 1. The maximum atomic E-state index is 11.9. The summed E-state index contributed by atoms with van der Waals surface area (Å²) in [5, 5.41) is 5.00. The fourth-order valence-electron chi connectivity index (χ4n) is 2.38. The van der Waals surface area contributed by atoms with Crippen LogP contribution in [0.3, 0.4) is 0 Å². The summed E-state index contributed by atoms with van der Waals surface area (Å²) in [7, 11) is 0. The van der Waals surface area contributed by atoms with E-state index in [1.807, 2.05) is 0 Å².